The highest BCUT2D eigenvalue weighted by Crippen LogP contribution is 2.20. The first-order chi connectivity index (χ1) is 11.8. The summed E-state index contributed by atoms with van der Waals surface area (Å²) in [5.74, 6) is 0.876. The van der Waals surface area contributed by atoms with Crippen molar-refractivity contribution in [2.75, 3.05) is 13.1 Å². The van der Waals surface area contributed by atoms with Crippen molar-refractivity contribution in [2.45, 2.75) is 18.9 Å². The first-order valence-corrected chi connectivity index (χ1v) is 8.22. The minimum atomic E-state index is 0.0298. The van der Waals surface area contributed by atoms with Gasteiger partial charge in [-0.25, -0.2) is 0 Å². The lowest BCUT2D eigenvalue weighted by atomic mass is 10.1. The van der Waals surface area contributed by atoms with Gasteiger partial charge in [0, 0.05) is 36.8 Å². The topological polar surface area (TPSA) is 46.8 Å². The molecule has 0 saturated carbocycles. The Morgan fingerprint density at radius 1 is 1.21 bits per heavy atom. The van der Waals surface area contributed by atoms with E-state index in [1.165, 1.54) is 0 Å². The van der Waals surface area contributed by atoms with Gasteiger partial charge in [-0.2, -0.15) is 0 Å². The minimum Gasteiger partial charge on any atom is -0.488 e. The van der Waals surface area contributed by atoms with Gasteiger partial charge in [-0.1, -0.05) is 6.07 Å². The molecule has 1 amide bonds. The molecule has 4 rings (SSSR count). The highest BCUT2D eigenvalue weighted by molar-refractivity contribution is 5.95. The number of hydrogen-bond donors (Lipinski definition) is 0. The van der Waals surface area contributed by atoms with Gasteiger partial charge in [0.1, 0.15) is 11.9 Å². The zero-order valence-electron chi connectivity index (χ0n) is 13.3. The molecule has 3 aromatic rings. The van der Waals surface area contributed by atoms with Crippen LogP contribution in [-0.2, 0) is 0 Å². The molecule has 0 spiro atoms. The maximum atomic E-state index is 12.8. The molecule has 24 heavy (non-hydrogen) atoms. The molecule has 122 valence electrons. The van der Waals surface area contributed by atoms with E-state index in [9.17, 15) is 4.79 Å². The van der Waals surface area contributed by atoms with Crippen molar-refractivity contribution in [3.63, 3.8) is 0 Å². The van der Waals surface area contributed by atoms with Crippen molar-refractivity contribution in [1.82, 2.24) is 14.3 Å². The molecule has 5 nitrogen and oxygen atoms in total. The first kappa shape index (κ1) is 14.8. The molecule has 3 aromatic heterocycles. The standard InChI is InChI=1S/C19H19N3O2/c23-19(15-12-16-4-1-2-10-21(16)13-15)22-11-3-5-18(14-22)24-17-6-8-20-9-7-17/h1-2,4,6-10,12-13,18H,3,5,11,14H2. The van der Waals surface area contributed by atoms with Crippen LogP contribution in [0.25, 0.3) is 5.52 Å². The molecular weight excluding hydrogens is 302 g/mol. The van der Waals surface area contributed by atoms with E-state index in [2.05, 4.69) is 4.98 Å². The summed E-state index contributed by atoms with van der Waals surface area (Å²) in [5, 5.41) is 0. The van der Waals surface area contributed by atoms with Gasteiger partial charge in [0.2, 0.25) is 0 Å². The van der Waals surface area contributed by atoms with Crippen LogP contribution in [-0.4, -0.2) is 39.4 Å². The average molecular weight is 321 g/mol. The number of carbonyl (C=O) groups is 1. The third-order valence-electron chi connectivity index (χ3n) is 4.37. The van der Waals surface area contributed by atoms with Crippen molar-refractivity contribution in [2.24, 2.45) is 0 Å². The number of piperidine rings is 1. The van der Waals surface area contributed by atoms with Crippen molar-refractivity contribution in [3.8, 4) is 5.75 Å². The summed E-state index contributed by atoms with van der Waals surface area (Å²) in [6, 6.07) is 11.6. The van der Waals surface area contributed by atoms with Crippen LogP contribution in [0.1, 0.15) is 23.2 Å². The van der Waals surface area contributed by atoms with Crippen molar-refractivity contribution in [3.05, 3.63) is 66.7 Å². The number of aromatic nitrogens is 2. The van der Waals surface area contributed by atoms with E-state index >= 15 is 0 Å². The summed E-state index contributed by atoms with van der Waals surface area (Å²) in [4.78, 5) is 18.7. The Kier molecular flexibility index (Phi) is 3.91. The van der Waals surface area contributed by atoms with Crippen molar-refractivity contribution >= 4 is 11.4 Å². The lowest BCUT2D eigenvalue weighted by molar-refractivity contribution is 0.0538. The Bertz CT molecular complexity index is 811. The molecule has 5 heteroatoms. The van der Waals surface area contributed by atoms with E-state index in [0.717, 1.165) is 36.2 Å². The number of nitrogens with zero attached hydrogens (tertiary/aromatic N) is 3. The number of pyridine rings is 2. The quantitative estimate of drug-likeness (QED) is 0.745. The highest BCUT2D eigenvalue weighted by Gasteiger charge is 2.26. The number of ether oxygens (including phenoxy) is 1. The van der Waals surface area contributed by atoms with Crippen LogP contribution in [0.3, 0.4) is 0 Å². The van der Waals surface area contributed by atoms with Gasteiger partial charge >= 0.3 is 0 Å². The Balaban J connectivity index is 1.48. The van der Waals surface area contributed by atoms with E-state index in [4.69, 9.17) is 4.74 Å². The molecule has 1 fully saturated rings. The summed E-state index contributed by atoms with van der Waals surface area (Å²) >= 11 is 0. The van der Waals surface area contributed by atoms with E-state index in [-0.39, 0.29) is 12.0 Å². The van der Waals surface area contributed by atoms with E-state index in [1.54, 1.807) is 12.4 Å². The summed E-state index contributed by atoms with van der Waals surface area (Å²) in [6.07, 6.45) is 9.23. The molecule has 0 radical (unpaired) electrons. The highest BCUT2D eigenvalue weighted by atomic mass is 16.5. The Labute approximate surface area is 140 Å². The molecule has 1 atom stereocenters. The molecule has 1 aliphatic rings. The van der Waals surface area contributed by atoms with Crippen LogP contribution in [0.2, 0.25) is 0 Å². The monoisotopic (exact) mass is 321 g/mol. The molecule has 0 aromatic carbocycles. The first-order valence-electron chi connectivity index (χ1n) is 8.22. The van der Waals surface area contributed by atoms with Crippen LogP contribution in [0, 0.1) is 0 Å². The third kappa shape index (κ3) is 2.97. The molecule has 1 saturated heterocycles. The second kappa shape index (κ2) is 6.35. The Morgan fingerprint density at radius 2 is 2.08 bits per heavy atom. The largest absolute Gasteiger partial charge is 0.488 e. The maximum absolute atomic E-state index is 12.8. The van der Waals surface area contributed by atoms with Gasteiger partial charge < -0.3 is 14.0 Å². The lowest BCUT2D eigenvalue weighted by Crippen LogP contribution is -2.44. The molecule has 0 aliphatic carbocycles. The average Bonchev–Trinajstić information content (AvgIpc) is 3.06. The molecule has 1 aliphatic heterocycles. The van der Waals surface area contributed by atoms with Crippen LogP contribution < -0.4 is 4.74 Å². The Hall–Kier alpha value is -2.82. The molecule has 4 heterocycles. The number of rotatable bonds is 3. The van der Waals surface area contributed by atoms with Crippen LogP contribution in [0.4, 0.5) is 0 Å². The number of likely N-dealkylation sites (tertiary alicyclic amines) is 1. The minimum absolute atomic E-state index is 0.0298. The van der Waals surface area contributed by atoms with E-state index in [1.807, 2.05) is 58.1 Å². The fraction of sp³-hybridized carbons (Fsp3) is 0.263. The van der Waals surface area contributed by atoms with E-state index in [0.29, 0.717) is 6.54 Å². The fourth-order valence-electron chi connectivity index (χ4n) is 3.18. The van der Waals surface area contributed by atoms with Crippen LogP contribution >= 0.6 is 0 Å². The summed E-state index contributed by atoms with van der Waals surface area (Å²) in [6.45, 7) is 1.40. The van der Waals surface area contributed by atoms with Gasteiger partial charge in [-0.05, 0) is 43.2 Å². The normalized spacial score (nSPS) is 17.8. The van der Waals surface area contributed by atoms with Gasteiger partial charge in [0.15, 0.2) is 0 Å². The number of amides is 1. The molecule has 0 N–H and O–H groups in total. The Morgan fingerprint density at radius 3 is 2.92 bits per heavy atom. The smallest absolute Gasteiger partial charge is 0.255 e. The van der Waals surface area contributed by atoms with Gasteiger partial charge in [-0.3, -0.25) is 9.78 Å². The predicted octanol–water partition coefficient (Wildman–Crippen LogP) is 3.02. The SMILES string of the molecule is O=C(c1cc2ccccn2c1)N1CCCC(Oc2ccncc2)C1. The zero-order valence-corrected chi connectivity index (χ0v) is 13.3. The third-order valence-corrected chi connectivity index (χ3v) is 4.37. The molecule has 1 unspecified atom stereocenters. The maximum Gasteiger partial charge on any atom is 0.255 e. The summed E-state index contributed by atoms with van der Waals surface area (Å²) in [5.41, 5.74) is 1.76. The second-order valence-electron chi connectivity index (χ2n) is 6.08. The lowest BCUT2D eigenvalue weighted by Gasteiger charge is -2.32. The zero-order chi connectivity index (χ0) is 16.4. The van der Waals surface area contributed by atoms with Crippen LogP contribution in [0.15, 0.2) is 61.2 Å². The molecular formula is C19H19N3O2. The predicted molar refractivity (Wildman–Crippen MR) is 91.2 cm³/mol. The van der Waals surface area contributed by atoms with Gasteiger partial charge in [0.25, 0.3) is 5.91 Å². The van der Waals surface area contributed by atoms with Crippen LogP contribution in [0.5, 0.6) is 5.75 Å². The summed E-state index contributed by atoms with van der Waals surface area (Å²) < 4.78 is 7.97. The number of hydrogen-bond acceptors (Lipinski definition) is 3. The number of carbonyl (C=O) groups excluding carboxylic acids is 1. The number of fused-ring (bicyclic) bond motifs is 1. The van der Waals surface area contributed by atoms with Gasteiger partial charge in [0.05, 0.1) is 12.1 Å². The molecule has 0 bridgehead atoms. The fourth-order valence-corrected chi connectivity index (χ4v) is 3.18. The second-order valence-corrected chi connectivity index (χ2v) is 6.08. The van der Waals surface area contributed by atoms with E-state index < -0.39 is 0 Å². The van der Waals surface area contributed by atoms with Crippen molar-refractivity contribution < 1.29 is 9.53 Å². The van der Waals surface area contributed by atoms with Crippen molar-refractivity contribution in [1.29, 1.82) is 0 Å². The van der Waals surface area contributed by atoms with Gasteiger partial charge in [-0.15, -0.1) is 0 Å². The summed E-state index contributed by atoms with van der Waals surface area (Å²) in [7, 11) is 0.